The van der Waals surface area contributed by atoms with Crippen LogP contribution in [0.15, 0.2) is 0 Å². The van der Waals surface area contributed by atoms with Crippen molar-refractivity contribution in [3.8, 4) is 0 Å². The summed E-state index contributed by atoms with van der Waals surface area (Å²) in [5.74, 6) is -0.695. The van der Waals surface area contributed by atoms with Crippen LogP contribution in [0, 0.1) is 0 Å². The van der Waals surface area contributed by atoms with E-state index in [1.54, 1.807) is 18.7 Å². The van der Waals surface area contributed by atoms with Gasteiger partial charge in [0.05, 0.1) is 5.25 Å². The van der Waals surface area contributed by atoms with Gasteiger partial charge in [-0.3, -0.25) is 4.79 Å². The van der Waals surface area contributed by atoms with E-state index in [-0.39, 0.29) is 30.4 Å². The van der Waals surface area contributed by atoms with Gasteiger partial charge in [-0.05, 0) is 40.0 Å². The average Bonchev–Trinajstić information content (AvgIpc) is 2.28. The summed E-state index contributed by atoms with van der Waals surface area (Å²) in [7, 11) is -3.33. The first kappa shape index (κ1) is 18.7. The highest BCUT2D eigenvalue weighted by molar-refractivity contribution is 7.92. The van der Waals surface area contributed by atoms with Gasteiger partial charge >= 0.3 is 0 Å². The SMILES string of the molecule is CC(N)C1CCCCN1C(=O)CS(=O)(=O)C(C)C.Cl. The topological polar surface area (TPSA) is 80.5 Å². The highest BCUT2D eigenvalue weighted by atomic mass is 35.5. The molecule has 1 heterocycles. The molecule has 2 unspecified atom stereocenters. The predicted molar refractivity (Wildman–Crippen MR) is 79.2 cm³/mol. The van der Waals surface area contributed by atoms with Crippen molar-refractivity contribution in [2.24, 2.45) is 5.73 Å². The van der Waals surface area contributed by atoms with Crippen molar-refractivity contribution >= 4 is 28.2 Å². The number of piperidine rings is 1. The van der Waals surface area contributed by atoms with Crippen molar-refractivity contribution in [2.75, 3.05) is 12.3 Å². The molecule has 7 heteroatoms. The molecule has 2 N–H and O–H groups in total. The fourth-order valence-corrected chi connectivity index (χ4v) is 3.08. The van der Waals surface area contributed by atoms with Gasteiger partial charge in [-0.25, -0.2) is 8.42 Å². The van der Waals surface area contributed by atoms with Crippen LogP contribution < -0.4 is 5.73 Å². The van der Waals surface area contributed by atoms with Gasteiger partial charge in [-0.2, -0.15) is 0 Å². The minimum atomic E-state index is -3.33. The number of nitrogens with two attached hydrogens (primary N) is 1. The van der Waals surface area contributed by atoms with Gasteiger partial charge in [0, 0.05) is 18.6 Å². The maximum atomic E-state index is 12.1. The number of halogens is 1. The lowest BCUT2D eigenvalue weighted by Gasteiger charge is -2.38. The molecule has 0 aromatic heterocycles. The Morgan fingerprint density at radius 1 is 1.32 bits per heavy atom. The van der Waals surface area contributed by atoms with Crippen LogP contribution in [-0.2, 0) is 14.6 Å². The van der Waals surface area contributed by atoms with E-state index in [1.165, 1.54) is 0 Å². The Balaban J connectivity index is 0.00000324. The second-order valence-electron chi connectivity index (χ2n) is 5.37. The van der Waals surface area contributed by atoms with E-state index in [2.05, 4.69) is 0 Å². The number of carbonyl (C=O) groups excluding carboxylic acids is 1. The number of carbonyl (C=O) groups is 1. The van der Waals surface area contributed by atoms with Crippen LogP contribution in [0.3, 0.4) is 0 Å². The van der Waals surface area contributed by atoms with E-state index >= 15 is 0 Å². The monoisotopic (exact) mass is 312 g/mol. The van der Waals surface area contributed by atoms with Crippen LogP contribution in [-0.4, -0.2) is 48.9 Å². The first-order valence-corrected chi connectivity index (χ1v) is 8.24. The zero-order chi connectivity index (χ0) is 13.9. The van der Waals surface area contributed by atoms with E-state index < -0.39 is 20.8 Å². The summed E-state index contributed by atoms with van der Waals surface area (Å²) in [6.07, 6.45) is 2.84. The lowest BCUT2D eigenvalue weighted by molar-refractivity contribution is -0.132. The van der Waals surface area contributed by atoms with Gasteiger partial charge in [-0.15, -0.1) is 12.4 Å². The molecule has 5 nitrogen and oxygen atoms in total. The zero-order valence-corrected chi connectivity index (χ0v) is 13.5. The molecule has 1 rings (SSSR count). The van der Waals surface area contributed by atoms with Gasteiger partial charge in [-0.1, -0.05) is 0 Å². The number of rotatable bonds is 4. The molecular formula is C12H25ClN2O3S. The molecule has 0 spiro atoms. The average molecular weight is 313 g/mol. The van der Waals surface area contributed by atoms with Gasteiger partial charge in [0.15, 0.2) is 9.84 Å². The van der Waals surface area contributed by atoms with E-state index in [4.69, 9.17) is 5.73 Å². The van der Waals surface area contributed by atoms with Crippen LogP contribution >= 0.6 is 12.4 Å². The van der Waals surface area contributed by atoms with Crippen LogP contribution in [0.25, 0.3) is 0 Å². The number of amides is 1. The molecule has 0 bridgehead atoms. The Labute approximate surface area is 122 Å². The lowest BCUT2D eigenvalue weighted by Crippen LogP contribution is -2.53. The maximum Gasteiger partial charge on any atom is 0.238 e. The number of likely N-dealkylation sites (tertiary alicyclic amines) is 1. The highest BCUT2D eigenvalue weighted by Gasteiger charge is 2.32. The second-order valence-corrected chi connectivity index (χ2v) is 7.92. The number of hydrogen-bond acceptors (Lipinski definition) is 4. The molecule has 1 fully saturated rings. The molecule has 0 saturated carbocycles. The summed E-state index contributed by atoms with van der Waals surface area (Å²) < 4.78 is 23.6. The second kappa shape index (κ2) is 7.45. The third-order valence-corrected chi connectivity index (χ3v) is 5.61. The number of sulfone groups is 1. The Hall–Kier alpha value is -0.330. The van der Waals surface area contributed by atoms with Crippen molar-refractivity contribution in [1.82, 2.24) is 4.90 Å². The summed E-state index contributed by atoms with van der Waals surface area (Å²) in [5.41, 5.74) is 5.88. The Morgan fingerprint density at radius 2 is 1.89 bits per heavy atom. The molecule has 0 aliphatic carbocycles. The van der Waals surface area contributed by atoms with Crippen molar-refractivity contribution in [3.05, 3.63) is 0 Å². The summed E-state index contributed by atoms with van der Waals surface area (Å²) in [5, 5.41) is -0.514. The largest absolute Gasteiger partial charge is 0.337 e. The maximum absolute atomic E-state index is 12.1. The van der Waals surface area contributed by atoms with Gasteiger partial charge < -0.3 is 10.6 Å². The fraction of sp³-hybridized carbons (Fsp3) is 0.917. The van der Waals surface area contributed by atoms with Gasteiger partial charge in [0.2, 0.25) is 5.91 Å². The van der Waals surface area contributed by atoms with Crippen molar-refractivity contribution in [1.29, 1.82) is 0 Å². The van der Waals surface area contributed by atoms with Crippen molar-refractivity contribution in [3.63, 3.8) is 0 Å². The van der Waals surface area contributed by atoms with E-state index in [9.17, 15) is 13.2 Å². The first-order valence-electron chi connectivity index (χ1n) is 6.52. The van der Waals surface area contributed by atoms with Crippen LogP contribution in [0.5, 0.6) is 0 Å². The van der Waals surface area contributed by atoms with E-state index in [1.807, 2.05) is 6.92 Å². The standard InChI is InChI=1S/C12H24N2O3S.ClH/c1-9(2)18(16,17)8-12(15)14-7-5-4-6-11(14)10(3)13;/h9-11H,4-8,13H2,1-3H3;1H. The Morgan fingerprint density at radius 3 is 2.37 bits per heavy atom. The molecule has 1 aliphatic rings. The third-order valence-electron chi connectivity index (χ3n) is 3.52. The zero-order valence-electron chi connectivity index (χ0n) is 11.8. The molecule has 114 valence electrons. The van der Waals surface area contributed by atoms with Crippen LogP contribution in [0.2, 0.25) is 0 Å². The number of nitrogens with zero attached hydrogens (tertiary/aromatic N) is 1. The summed E-state index contributed by atoms with van der Waals surface area (Å²) in [4.78, 5) is 13.8. The van der Waals surface area contributed by atoms with Gasteiger partial charge in [0.25, 0.3) is 0 Å². The molecule has 2 atom stereocenters. The quantitative estimate of drug-likeness (QED) is 0.838. The molecule has 0 radical (unpaired) electrons. The molecular weight excluding hydrogens is 288 g/mol. The summed E-state index contributed by atoms with van der Waals surface area (Å²) in [6, 6.07) is -0.135. The van der Waals surface area contributed by atoms with Crippen molar-refractivity contribution < 1.29 is 13.2 Å². The minimum Gasteiger partial charge on any atom is -0.337 e. The minimum absolute atomic E-state index is 0. The lowest BCUT2D eigenvalue weighted by atomic mass is 9.97. The van der Waals surface area contributed by atoms with Crippen molar-refractivity contribution in [2.45, 2.75) is 57.4 Å². The number of hydrogen-bond donors (Lipinski definition) is 1. The third kappa shape index (κ3) is 4.93. The smallest absolute Gasteiger partial charge is 0.238 e. The van der Waals surface area contributed by atoms with Crippen LogP contribution in [0.1, 0.15) is 40.0 Å². The fourth-order valence-electron chi connectivity index (χ4n) is 2.24. The predicted octanol–water partition coefficient (Wildman–Crippen LogP) is 0.960. The molecule has 1 aliphatic heterocycles. The molecule has 19 heavy (non-hydrogen) atoms. The molecule has 0 aromatic carbocycles. The normalized spacial score (nSPS) is 21.9. The first-order chi connectivity index (χ1) is 8.25. The summed E-state index contributed by atoms with van der Waals surface area (Å²) in [6.45, 7) is 5.69. The molecule has 1 amide bonds. The van der Waals surface area contributed by atoms with E-state index in [0.717, 1.165) is 19.3 Å². The summed E-state index contributed by atoms with van der Waals surface area (Å²) >= 11 is 0. The van der Waals surface area contributed by atoms with Crippen LogP contribution in [0.4, 0.5) is 0 Å². The molecule has 1 saturated heterocycles. The molecule has 0 aromatic rings. The Kier molecular flexibility index (Phi) is 7.32. The Bertz CT molecular complexity index is 396. The van der Waals surface area contributed by atoms with E-state index in [0.29, 0.717) is 6.54 Å². The van der Waals surface area contributed by atoms with Gasteiger partial charge in [0.1, 0.15) is 5.75 Å². The highest BCUT2D eigenvalue weighted by Crippen LogP contribution is 2.20.